The zero-order valence-corrected chi connectivity index (χ0v) is 11.2. The molecule has 2 rings (SSSR count). The number of carbonyl (C=O) groups excluding carboxylic acids is 1. The molecular weight excluding hydrogens is 266 g/mol. The monoisotopic (exact) mass is 284 g/mol. The largest absolute Gasteiger partial charge is 0.367 e. The topological polar surface area (TPSA) is 80.0 Å². The molecule has 1 saturated carbocycles. The summed E-state index contributed by atoms with van der Waals surface area (Å²) in [6, 6.07) is 3.21. The first-order valence-corrected chi connectivity index (χ1v) is 6.54. The van der Waals surface area contributed by atoms with E-state index in [9.17, 15) is 13.6 Å². The molecular formula is C13H18F2N4O. The van der Waals surface area contributed by atoms with Gasteiger partial charge in [-0.1, -0.05) is 0 Å². The SMILES string of the molecule is Cc1ccc(C(=O)NN)c(NC2CCC(F)(F)CC2)n1. The molecule has 1 amide bonds. The standard InChI is InChI=1S/C13H18F2N4O/c1-8-2-3-10(12(20)19-16)11(17-8)18-9-4-6-13(14,15)7-5-9/h2-3,9H,4-7,16H2,1H3,(H,17,18)(H,19,20). The predicted octanol–water partition coefficient (Wildman–Crippen LogP) is 1.98. The number of halogens is 2. The van der Waals surface area contributed by atoms with Crippen LogP contribution < -0.4 is 16.6 Å². The second-order valence-electron chi connectivity index (χ2n) is 5.10. The molecule has 4 N–H and O–H groups in total. The van der Waals surface area contributed by atoms with E-state index in [-0.39, 0.29) is 18.9 Å². The van der Waals surface area contributed by atoms with E-state index < -0.39 is 11.8 Å². The lowest BCUT2D eigenvalue weighted by Crippen LogP contribution is -2.34. The summed E-state index contributed by atoms with van der Waals surface area (Å²) in [7, 11) is 0. The van der Waals surface area contributed by atoms with Crippen molar-refractivity contribution in [1.29, 1.82) is 0 Å². The zero-order valence-electron chi connectivity index (χ0n) is 11.2. The Bertz CT molecular complexity index is 497. The van der Waals surface area contributed by atoms with Gasteiger partial charge in [0.15, 0.2) is 0 Å². The number of pyridine rings is 1. The van der Waals surface area contributed by atoms with Gasteiger partial charge in [0, 0.05) is 24.6 Å². The summed E-state index contributed by atoms with van der Waals surface area (Å²) >= 11 is 0. The molecule has 1 heterocycles. The fourth-order valence-corrected chi connectivity index (χ4v) is 2.31. The van der Waals surface area contributed by atoms with E-state index in [0.717, 1.165) is 5.69 Å². The summed E-state index contributed by atoms with van der Waals surface area (Å²) in [6.07, 6.45) is 0.419. The fourth-order valence-electron chi connectivity index (χ4n) is 2.31. The van der Waals surface area contributed by atoms with Crippen molar-refractivity contribution in [3.05, 3.63) is 23.4 Å². The number of hydrazine groups is 1. The van der Waals surface area contributed by atoms with Crippen LogP contribution in [-0.2, 0) is 0 Å². The van der Waals surface area contributed by atoms with Crippen molar-refractivity contribution in [2.45, 2.75) is 44.6 Å². The van der Waals surface area contributed by atoms with Crippen LogP contribution in [0.15, 0.2) is 12.1 Å². The third-order valence-corrected chi connectivity index (χ3v) is 3.47. The number of nitrogen functional groups attached to an aromatic ring is 1. The van der Waals surface area contributed by atoms with Gasteiger partial charge in [-0.25, -0.2) is 19.6 Å². The quantitative estimate of drug-likeness (QED) is 0.450. The molecule has 7 heteroatoms. The average molecular weight is 284 g/mol. The van der Waals surface area contributed by atoms with E-state index in [2.05, 4.69) is 15.7 Å². The number of aryl methyl sites for hydroxylation is 1. The minimum atomic E-state index is -2.57. The number of amides is 1. The molecule has 0 spiro atoms. The zero-order chi connectivity index (χ0) is 14.8. The van der Waals surface area contributed by atoms with Gasteiger partial charge >= 0.3 is 0 Å². The van der Waals surface area contributed by atoms with Crippen molar-refractivity contribution in [1.82, 2.24) is 10.4 Å². The predicted molar refractivity (Wildman–Crippen MR) is 71.5 cm³/mol. The molecule has 1 fully saturated rings. The van der Waals surface area contributed by atoms with Crippen LogP contribution in [0, 0.1) is 6.92 Å². The Hall–Kier alpha value is -1.76. The average Bonchev–Trinajstić information content (AvgIpc) is 2.40. The normalized spacial score (nSPS) is 18.6. The number of nitrogens with one attached hydrogen (secondary N) is 2. The van der Waals surface area contributed by atoms with E-state index >= 15 is 0 Å². The van der Waals surface area contributed by atoms with Gasteiger partial charge in [-0.15, -0.1) is 0 Å². The van der Waals surface area contributed by atoms with Gasteiger partial charge in [-0.05, 0) is 31.9 Å². The lowest BCUT2D eigenvalue weighted by Gasteiger charge is -2.29. The molecule has 5 nitrogen and oxygen atoms in total. The van der Waals surface area contributed by atoms with E-state index in [1.165, 1.54) is 0 Å². The van der Waals surface area contributed by atoms with Crippen LogP contribution in [0.3, 0.4) is 0 Å². The van der Waals surface area contributed by atoms with Gasteiger partial charge in [0.1, 0.15) is 5.82 Å². The summed E-state index contributed by atoms with van der Waals surface area (Å²) < 4.78 is 26.2. The lowest BCUT2D eigenvalue weighted by atomic mass is 9.92. The van der Waals surface area contributed by atoms with Gasteiger partial charge in [-0.2, -0.15) is 0 Å². The maximum absolute atomic E-state index is 13.1. The van der Waals surface area contributed by atoms with Crippen molar-refractivity contribution in [2.24, 2.45) is 5.84 Å². The van der Waals surface area contributed by atoms with Crippen molar-refractivity contribution in [2.75, 3.05) is 5.32 Å². The van der Waals surface area contributed by atoms with Crippen LogP contribution in [0.4, 0.5) is 14.6 Å². The first kappa shape index (κ1) is 14.6. The second-order valence-corrected chi connectivity index (χ2v) is 5.10. The molecule has 0 atom stereocenters. The molecule has 1 aromatic rings. The number of aromatic nitrogens is 1. The molecule has 0 unspecified atom stereocenters. The number of hydrogen-bond donors (Lipinski definition) is 3. The van der Waals surface area contributed by atoms with Crippen LogP contribution in [-0.4, -0.2) is 22.9 Å². The highest BCUT2D eigenvalue weighted by Gasteiger charge is 2.35. The van der Waals surface area contributed by atoms with Crippen molar-refractivity contribution in [3.8, 4) is 0 Å². The fraction of sp³-hybridized carbons (Fsp3) is 0.538. The Morgan fingerprint density at radius 1 is 1.40 bits per heavy atom. The van der Waals surface area contributed by atoms with Gasteiger partial charge in [0.05, 0.1) is 5.56 Å². The summed E-state index contributed by atoms with van der Waals surface area (Å²) in [4.78, 5) is 15.9. The van der Waals surface area contributed by atoms with Crippen molar-refractivity contribution in [3.63, 3.8) is 0 Å². The van der Waals surface area contributed by atoms with Gasteiger partial charge in [0.25, 0.3) is 5.91 Å². The van der Waals surface area contributed by atoms with E-state index in [0.29, 0.717) is 24.2 Å². The number of nitrogens with zero attached hydrogens (tertiary/aromatic N) is 1. The second kappa shape index (κ2) is 5.70. The molecule has 1 aliphatic carbocycles. The van der Waals surface area contributed by atoms with Gasteiger partial charge in [0.2, 0.25) is 5.92 Å². The summed E-state index contributed by atoms with van der Waals surface area (Å²) in [6.45, 7) is 1.80. The van der Waals surface area contributed by atoms with Gasteiger partial charge < -0.3 is 5.32 Å². The highest BCUT2D eigenvalue weighted by Crippen LogP contribution is 2.34. The maximum Gasteiger partial charge on any atom is 0.268 e. The Balaban J connectivity index is 2.12. The van der Waals surface area contributed by atoms with Crippen molar-refractivity contribution >= 4 is 11.7 Å². The Morgan fingerprint density at radius 2 is 2.05 bits per heavy atom. The lowest BCUT2D eigenvalue weighted by molar-refractivity contribution is -0.0361. The molecule has 0 bridgehead atoms. The molecule has 0 radical (unpaired) electrons. The van der Waals surface area contributed by atoms with Crippen LogP contribution in [0.1, 0.15) is 41.7 Å². The molecule has 20 heavy (non-hydrogen) atoms. The molecule has 0 aliphatic heterocycles. The number of carbonyl (C=O) groups is 1. The molecule has 110 valence electrons. The maximum atomic E-state index is 13.1. The number of alkyl halides is 2. The van der Waals surface area contributed by atoms with Crippen LogP contribution in [0.2, 0.25) is 0 Å². The first-order valence-electron chi connectivity index (χ1n) is 6.54. The summed E-state index contributed by atoms with van der Waals surface area (Å²) in [5.74, 6) is 2.49. The number of nitrogens with two attached hydrogens (primary N) is 1. The van der Waals surface area contributed by atoms with E-state index in [1.807, 2.05) is 0 Å². The van der Waals surface area contributed by atoms with Crippen LogP contribution >= 0.6 is 0 Å². The minimum absolute atomic E-state index is 0.103. The van der Waals surface area contributed by atoms with E-state index in [1.54, 1.807) is 19.1 Å². The van der Waals surface area contributed by atoms with Gasteiger partial charge in [-0.3, -0.25) is 10.2 Å². The number of rotatable bonds is 3. The Kier molecular flexibility index (Phi) is 4.17. The van der Waals surface area contributed by atoms with Crippen LogP contribution in [0.5, 0.6) is 0 Å². The highest BCUT2D eigenvalue weighted by molar-refractivity contribution is 5.98. The molecule has 0 aromatic carbocycles. The summed E-state index contributed by atoms with van der Waals surface area (Å²) in [5, 5.41) is 3.08. The third-order valence-electron chi connectivity index (χ3n) is 3.47. The van der Waals surface area contributed by atoms with E-state index in [4.69, 9.17) is 5.84 Å². The number of hydrogen-bond acceptors (Lipinski definition) is 4. The minimum Gasteiger partial charge on any atom is -0.367 e. The first-order chi connectivity index (χ1) is 9.41. The summed E-state index contributed by atoms with van der Waals surface area (Å²) in [5.41, 5.74) is 3.11. The van der Waals surface area contributed by atoms with Crippen LogP contribution in [0.25, 0.3) is 0 Å². The smallest absolute Gasteiger partial charge is 0.268 e. The Morgan fingerprint density at radius 3 is 2.65 bits per heavy atom. The third kappa shape index (κ3) is 3.41. The molecule has 1 aromatic heterocycles. The number of anilines is 1. The molecule has 0 saturated heterocycles. The molecule has 1 aliphatic rings. The van der Waals surface area contributed by atoms with Crippen molar-refractivity contribution < 1.29 is 13.6 Å². The Labute approximate surface area is 115 Å². The highest BCUT2D eigenvalue weighted by atomic mass is 19.3.